The van der Waals surface area contributed by atoms with Gasteiger partial charge in [0.1, 0.15) is 0 Å². The van der Waals surface area contributed by atoms with E-state index in [-0.39, 0.29) is 23.8 Å². The zero-order chi connectivity index (χ0) is 18.5. The predicted octanol–water partition coefficient (Wildman–Crippen LogP) is 4.31. The highest BCUT2D eigenvalue weighted by Crippen LogP contribution is 2.31. The summed E-state index contributed by atoms with van der Waals surface area (Å²) in [5.74, 6) is 0.389. The molecule has 0 aromatic carbocycles. The highest BCUT2D eigenvalue weighted by molar-refractivity contribution is 7.22. The molecule has 3 atom stereocenters. The van der Waals surface area contributed by atoms with E-state index in [1.807, 2.05) is 30.5 Å². The van der Waals surface area contributed by atoms with E-state index in [9.17, 15) is 9.59 Å². The molecule has 0 saturated carbocycles. The third-order valence-electron chi connectivity index (χ3n) is 4.64. The number of allylic oxidation sites excluding steroid dienone is 2. The molecule has 0 unspecified atom stereocenters. The average molecular weight is 389 g/mol. The first-order valence-corrected chi connectivity index (χ1v) is 10.6. The van der Waals surface area contributed by atoms with Crippen molar-refractivity contribution in [2.45, 2.75) is 32.7 Å². The van der Waals surface area contributed by atoms with E-state index in [1.165, 1.54) is 16.2 Å². The second-order valence-electron chi connectivity index (χ2n) is 6.79. The van der Waals surface area contributed by atoms with Crippen molar-refractivity contribution in [3.05, 3.63) is 46.7 Å². The van der Waals surface area contributed by atoms with Crippen molar-refractivity contribution in [1.29, 1.82) is 0 Å². The van der Waals surface area contributed by atoms with Crippen molar-refractivity contribution in [3.63, 3.8) is 0 Å². The molecule has 2 aromatic rings. The van der Waals surface area contributed by atoms with Gasteiger partial charge < -0.3 is 10.6 Å². The standard InChI is InChI=1S/C20H24N2O2S2/c1-13-6-3-4-7-15(13)19(23)22-14(2)12-21-20(24)18-10-9-17(26-18)16-8-5-11-25-16/h3-5,8-11,13-15H,6-7,12H2,1-2H3,(H,21,24)(H,22,23)/t13-,14-,15-/m1/s1. The van der Waals surface area contributed by atoms with E-state index in [0.29, 0.717) is 17.3 Å². The van der Waals surface area contributed by atoms with Crippen LogP contribution >= 0.6 is 22.7 Å². The number of carbonyl (C=O) groups excluding carboxylic acids is 2. The smallest absolute Gasteiger partial charge is 0.261 e. The molecular weight excluding hydrogens is 364 g/mol. The number of nitrogens with one attached hydrogen (secondary N) is 2. The Balaban J connectivity index is 1.48. The molecule has 2 heterocycles. The Kier molecular flexibility index (Phi) is 6.27. The minimum atomic E-state index is -0.0960. The third kappa shape index (κ3) is 4.62. The monoisotopic (exact) mass is 388 g/mol. The molecule has 0 spiro atoms. The van der Waals surface area contributed by atoms with Gasteiger partial charge in [-0.15, -0.1) is 22.7 Å². The number of thiophene rings is 2. The molecule has 2 N–H and O–H groups in total. The molecule has 0 aliphatic heterocycles. The first kappa shape index (κ1) is 18.9. The van der Waals surface area contributed by atoms with Gasteiger partial charge in [-0.25, -0.2) is 0 Å². The van der Waals surface area contributed by atoms with Crippen LogP contribution in [0.15, 0.2) is 41.8 Å². The summed E-state index contributed by atoms with van der Waals surface area (Å²) in [4.78, 5) is 27.7. The van der Waals surface area contributed by atoms with Crippen LogP contribution in [-0.4, -0.2) is 24.4 Å². The maximum atomic E-state index is 12.4. The van der Waals surface area contributed by atoms with Crippen LogP contribution < -0.4 is 10.6 Å². The van der Waals surface area contributed by atoms with Gasteiger partial charge in [-0.2, -0.15) is 0 Å². The van der Waals surface area contributed by atoms with Crippen molar-refractivity contribution >= 4 is 34.5 Å². The summed E-state index contributed by atoms with van der Waals surface area (Å²) in [5, 5.41) is 7.98. The van der Waals surface area contributed by atoms with E-state index in [2.05, 4.69) is 35.8 Å². The zero-order valence-electron chi connectivity index (χ0n) is 15.0. The minimum absolute atomic E-state index is 0.0313. The molecule has 0 fully saturated rings. The molecule has 0 saturated heterocycles. The molecule has 0 radical (unpaired) electrons. The summed E-state index contributed by atoms with van der Waals surface area (Å²) < 4.78 is 0. The van der Waals surface area contributed by atoms with Crippen LogP contribution in [0.2, 0.25) is 0 Å². The summed E-state index contributed by atoms with van der Waals surface area (Å²) in [6.07, 6.45) is 5.98. The number of amides is 2. The first-order chi connectivity index (χ1) is 12.5. The minimum Gasteiger partial charge on any atom is -0.352 e. The van der Waals surface area contributed by atoms with Crippen LogP contribution in [0, 0.1) is 11.8 Å². The van der Waals surface area contributed by atoms with Gasteiger partial charge in [0.05, 0.1) is 4.88 Å². The molecule has 1 aliphatic carbocycles. The van der Waals surface area contributed by atoms with Gasteiger partial charge in [0.25, 0.3) is 5.91 Å². The fourth-order valence-corrected chi connectivity index (χ4v) is 4.82. The number of carbonyl (C=O) groups is 2. The van der Waals surface area contributed by atoms with Gasteiger partial charge in [-0.1, -0.05) is 25.1 Å². The SMILES string of the molecule is C[C@H](CNC(=O)c1ccc(-c2cccs2)s1)NC(=O)[C@@H]1CC=CC[C@H]1C. The molecule has 26 heavy (non-hydrogen) atoms. The van der Waals surface area contributed by atoms with E-state index in [4.69, 9.17) is 0 Å². The fourth-order valence-electron chi connectivity index (χ4n) is 3.06. The quantitative estimate of drug-likeness (QED) is 0.724. The van der Waals surface area contributed by atoms with E-state index < -0.39 is 0 Å². The fraction of sp³-hybridized carbons (Fsp3) is 0.400. The van der Waals surface area contributed by atoms with Crippen LogP contribution in [0.3, 0.4) is 0 Å². The highest BCUT2D eigenvalue weighted by atomic mass is 32.1. The second kappa shape index (κ2) is 8.64. The largest absolute Gasteiger partial charge is 0.352 e. The normalized spacial score (nSPS) is 20.5. The average Bonchev–Trinajstić information content (AvgIpc) is 3.31. The lowest BCUT2D eigenvalue weighted by Crippen LogP contribution is -2.45. The van der Waals surface area contributed by atoms with Crippen molar-refractivity contribution in [1.82, 2.24) is 10.6 Å². The molecule has 6 heteroatoms. The van der Waals surface area contributed by atoms with Gasteiger partial charge in [-0.05, 0) is 49.3 Å². The van der Waals surface area contributed by atoms with Crippen LogP contribution in [-0.2, 0) is 4.79 Å². The van der Waals surface area contributed by atoms with Gasteiger partial charge in [0.15, 0.2) is 0 Å². The van der Waals surface area contributed by atoms with Crippen LogP contribution in [0.5, 0.6) is 0 Å². The Bertz CT molecular complexity index is 780. The van der Waals surface area contributed by atoms with Gasteiger partial charge in [0, 0.05) is 28.3 Å². The maximum absolute atomic E-state index is 12.4. The van der Waals surface area contributed by atoms with E-state index in [1.54, 1.807) is 11.3 Å². The highest BCUT2D eigenvalue weighted by Gasteiger charge is 2.26. The van der Waals surface area contributed by atoms with Gasteiger partial charge in [0.2, 0.25) is 5.91 Å². The Hall–Kier alpha value is -1.92. The predicted molar refractivity (Wildman–Crippen MR) is 109 cm³/mol. The van der Waals surface area contributed by atoms with Crippen molar-refractivity contribution in [2.75, 3.05) is 6.54 Å². The molecular formula is C20H24N2O2S2. The lowest BCUT2D eigenvalue weighted by Gasteiger charge is -2.26. The molecule has 138 valence electrons. The van der Waals surface area contributed by atoms with Crippen LogP contribution in [0.1, 0.15) is 36.4 Å². The van der Waals surface area contributed by atoms with Gasteiger partial charge >= 0.3 is 0 Å². The summed E-state index contributed by atoms with van der Waals surface area (Å²) in [7, 11) is 0. The zero-order valence-corrected chi connectivity index (χ0v) is 16.7. The maximum Gasteiger partial charge on any atom is 0.261 e. The molecule has 0 bridgehead atoms. The van der Waals surface area contributed by atoms with E-state index >= 15 is 0 Å². The van der Waals surface area contributed by atoms with Crippen molar-refractivity contribution in [3.8, 4) is 9.75 Å². The molecule has 4 nitrogen and oxygen atoms in total. The first-order valence-electron chi connectivity index (χ1n) is 8.92. The number of hydrogen-bond donors (Lipinski definition) is 2. The molecule has 2 amide bonds. The van der Waals surface area contributed by atoms with Gasteiger partial charge in [-0.3, -0.25) is 9.59 Å². The summed E-state index contributed by atoms with van der Waals surface area (Å²) in [6.45, 7) is 4.46. The Morgan fingerprint density at radius 2 is 2.00 bits per heavy atom. The molecule has 3 rings (SSSR count). The summed E-state index contributed by atoms with van der Waals surface area (Å²) >= 11 is 3.16. The van der Waals surface area contributed by atoms with Crippen LogP contribution in [0.4, 0.5) is 0 Å². The lowest BCUT2D eigenvalue weighted by molar-refractivity contribution is -0.127. The third-order valence-corrected chi connectivity index (χ3v) is 6.79. The Morgan fingerprint density at radius 3 is 2.73 bits per heavy atom. The number of hydrogen-bond acceptors (Lipinski definition) is 4. The van der Waals surface area contributed by atoms with Crippen LogP contribution in [0.25, 0.3) is 9.75 Å². The number of rotatable bonds is 6. The lowest BCUT2D eigenvalue weighted by atomic mass is 9.84. The molecule has 1 aliphatic rings. The molecule has 2 aromatic heterocycles. The van der Waals surface area contributed by atoms with Crippen molar-refractivity contribution in [2.24, 2.45) is 11.8 Å². The van der Waals surface area contributed by atoms with Crippen molar-refractivity contribution < 1.29 is 9.59 Å². The Morgan fingerprint density at radius 1 is 1.19 bits per heavy atom. The Labute approximate surface area is 162 Å². The van der Waals surface area contributed by atoms with E-state index in [0.717, 1.165) is 17.7 Å². The summed E-state index contributed by atoms with van der Waals surface area (Å²) in [5.41, 5.74) is 0. The second-order valence-corrected chi connectivity index (χ2v) is 8.82. The topological polar surface area (TPSA) is 58.2 Å². The summed E-state index contributed by atoms with van der Waals surface area (Å²) in [6, 6.07) is 7.80.